The molecule has 0 saturated heterocycles. The molecule has 0 aromatic carbocycles. The summed E-state index contributed by atoms with van der Waals surface area (Å²) in [7, 11) is 0. The van der Waals surface area contributed by atoms with Crippen molar-refractivity contribution < 1.29 is 28.6 Å². The Bertz CT molecular complexity index is 1500. The molecule has 6 nitrogen and oxygen atoms in total. The number of esters is 3. The van der Waals surface area contributed by atoms with Crippen molar-refractivity contribution in [3.8, 4) is 0 Å². The fraction of sp³-hybridized carbons (Fsp3) is 0.767. The van der Waals surface area contributed by atoms with E-state index < -0.39 is 6.10 Å². The average Bonchev–Trinajstić information content (AvgIpc) is 3.45. The van der Waals surface area contributed by atoms with E-state index in [-0.39, 0.29) is 37.5 Å². The molecule has 0 heterocycles. The first-order valence-electron chi connectivity index (χ1n) is 34.1. The molecule has 0 aromatic rings. The van der Waals surface area contributed by atoms with Crippen LogP contribution in [0.2, 0.25) is 0 Å². The Morgan fingerprint density at radius 2 is 0.494 bits per heavy atom. The Labute approximate surface area is 490 Å². The van der Waals surface area contributed by atoms with Crippen molar-refractivity contribution in [1.29, 1.82) is 0 Å². The van der Waals surface area contributed by atoms with Crippen LogP contribution >= 0.6 is 0 Å². The van der Waals surface area contributed by atoms with Gasteiger partial charge in [0.25, 0.3) is 0 Å². The molecule has 0 aliphatic rings. The first-order valence-corrected chi connectivity index (χ1v) is 34.1. The molecule has 1 atom stereocenters. The van der Waals surface area contributed by atoms with Gasteiger partial charge in [-0.25, -0.2) is 0 Å². The van der Waals surface area contributed by atoms with Crippen LogP contribution in [-0.4, -0.2) is 37.2 Å². The lowest BCUT2D eigenvalue weighted by atomic mass is 10.0. The van der Waals surface area contributed by atoms with Crippen LogP contribution in [0.3, 0.4) is 0 Å². The van der Waals surface area contributed by atoms with Gasteiger partial charge in [-0.2, -0.15) is 0 Å². The molecule has 0 aromatic heterocycles. The van der Waals surface area contributed by atoms with E-state index in [9.17, 15) is 14.4 Å². The van der Waals surface area contributed by atoms with Gasteiger partial charge in [0.15, 0.2) is 6.10 Å². The van der Waals surface area contributed by atoms with Gasteiger partial charge in [-0.3, -0.25) is 14.4 Å². The zero-order valence-electron chi connectivity index (χ0n) is 52.4. The van der Waals surface area contributed by atoms with Crippen molar-refractivity contribution >= 4 is 17.9 Å². The average molecular weight is 1100 g/mol. The van der Waals surface area contributed by atoms with Crippen LogP contribution in [0.4, 0.5) is 0 Å². The SMILES string of the molecule is CC/C=C\C/C=C\C/C=C\C/C=C\C/C=C\CCCCCC(=O)OC(COC(=O)CCCCCCC/C=C\CCCCCC)COC(=O)CCCCCCCCCCCCCCCCCCC/C=C\CCCCCCCCCC. The van der Waals surface area contributed by atoms with E-state index in [1.54, 1.807) is 0 Å². The molecule has 456 valence electrons. The fourth-order valence-electron chi connectivity index (χ4n) is 9.76. The third kappa shape index (κ3) is 65.3. The van der Waals surface area contributed by atoms with Crippen molar-refractivity contribution in [2.24, 2.45) is 0 Å². The normalized spacial score (nSPS) is 12.6. The van der Waals surface area contributed by atoms with E-state index in [1.807, 2.05) is 0 Å². The zero-order chi connectivity index (χ0) is 57.1. The number of hydrogen-bond donors (Lipinski definition) is 0. The summed E-state index contributed by atoms with van der Waals surface area (Å²) in [6.07, 6.45) is 89.0. The minimum atomic E-state index is -0.798. The lowest BCUT2D eigenvalue weighted by molar-refractivity contribution is -0.167. The van der Waals surface area contributed by atoms with Gasteiger partial charge in [0.1, 0.15) is 13.2 Å². The second-order valence-electron chi connectivity index (χ2n) is 22.7. The van der Waals surface area contributed by atoms with Crippen LogP contribution in [0.25, 0.3) is 0 Å². The molecule has 0 saturated carbocycles. The Kier molecular flexibility index (Phi) is 64.2. The van der Waals surface area contributed by atoms with Crippen LogP contribution in [0.15, 0.2) is 85.1 Å². The first kappa shape index (κ1) is 75.6. The number of hydrogen-bond acceptors (Lipinski definition) is 6. The fourth-order valence-corrected chi connectivity index (χ4v) is 9.76. The van der Waals surface area contributed by atoms with Gasteiger partial charge in [0, 0.05) is 19.3 Å². The Hall–Kier alpha value is -3.41. The van der Waals surface area contributed by atoms with Crippen molar-refractivity contribution in [2.75, 3.05) is 13.2 Å². The third-order valence-corrected chi connectivity index (χ3v) is 14.9. The van der Waals surface area contributed by atoms with Crippen LogP contribution < -0.4 is 0 Å². The number of carbonyl (C=O) groups is 3. The lowest BCUT2D eigenvalue weighted by Gasteiger charge is -2.18. The molecule has 0 aliphatic carbocycles. The number of rotatable bonds is 62. The van der Waals surface area contributed by atoms with Gasteiger partial charge in [0.05, 0.1) is 0 Å². The van der Waals surface area contributed by atoms with Crippen molar-refractivity contribution in [3.63, 3.8) is 0 Å². The summed E-state index contributed by atoms with van der Waals surface area (Å²) in [4.78, 5) is 38.3. The van der Waals surface area contributed by atoms with E-state index in [2.05, 4.69) is 106 Å². The second-order valence-corrected chi connectivity index (χ2v) is 22.7. The summed E-state index contributed by atoms with van der Waals surface area (Å²) in [5.41, 5.74) is 0. The number of allylic oxidation sites excluding steroid dienone is 14. The van der Waals surface area contributed by atoms with Crippen LogP contribution in [0.5, 0.6) is 0 Å². The molecule has 1 unspecified atom stereocenters. The molecule has 0 bridgehead atoms. The summed E-state index contributed by atoms with van der Waals surface area (Å²) in [6, 6.07) is 0. The summed E-state index contributed by atoms with van der Waals surface area (Å²) in [6.45, 7) is 6.51. The number of carbonyl (C=O) groups excluding carboxylic acids is 3. The topological polar surface area (TPSA) is 78.9 Å². The third-order valence-electron chi connectivity index (χ3n) is 14.9. The van der Waals surface area contributed by atoms with Gasteiger partial charge in [-0.05, 0) is 116 Å². The minimum absolute atomic E-state index is 0.0904. The number of ether oxygens (including phenoxy) is 3. The number of unbranched alkanes of at least 4 members (excludes halogenated alkanes) is 37. The standard InChI is InChI=1S/C73H128O6/c1-4-7-10-13-16-19-22-25-27-29-31-32-33-34-35-36-37-38-39-40-42-43-45-48-51-54-57-60-63-66-72(75)78-69-70(68-77-71(74)65-62-59-56-53-50-47-24-21-18-15-12-9-6-3)79-73(76)67-64-61-58-55-52-49-46-44-41-30-28-26-23-20-17-14-11-8-5-2/h8,11,17,20-21,24,26,28-29,31,41,44,49,52,70H,4-7,9-10,12-16,18-19,22-23,25,27,30,32-40,42-43,45-48,50-51,53-69H2,1-3H3/b11-8-,20-17-,24-21-,28-26-,31-29-,44-41-,52-49-. The van der Waals surface area contributed by atoms with E-state index >= 15 is 0 Å². The van der Waals surface area contributed by atoms with Gasteiger partial charge in [0.2, 0.25) is 0 Å². The molecule has 0 N–H and O–H groups in total. The predicted octanol–water partition coefficient (Wildman–Crippen LogP) is 23.4. The largest absolute Gasteiger partial charge is 0.462 e. The molecular weight excluding hydrogens is 973 g/mol. The van der Waals surface area contributed by atoms with Gasteiger partial charge in [-0.15, -0.1) is 0 Å². The molecule has 0 radical (unpaired) electrons. The summed E-state index contributed by atoms with van der Waals surface area (Å²) in [5.74, 6) is -0.918. The monoisotopic (exact) mass is 1100 g/mol. The van der Waals surface area contributed by atoms with Gasteiger partial charge >= 0.3 is 17.9 Å². The van der Waals surface area contributed by atoms with E-state index in [1.165, 1.54) is 199 Å². The molecule has 0 rings (SSSR count). The summed E-state index contributed by atoms with van der Waals surface area (Å²) < 4.78 is 16.9. The molecule has 0 amide bonds. The van der Waals surface area contributed by atoms with Crippen LogP contribution in [0.1, 0.15) is 342 Å². The highest BCUT2D eigenvalue weighted by Gasteiger charge is 2.19. The Morgan fingerprint density at radius 3 is 0.810 bits per heavy atom. The highest BCUT2D eigenvalue weighted by Crippen LogP contribution is 2.17. The molecular formula is C73H128O6. The van der Waals surface area contributed by atoms with Gasteiger partial charge in [-0.1, -0.05) is 292 Å². The summed E-state index contributed by atoms with van der Waals surface area (Å²) >= 11 is 0. The molecule has 0 fully saturated rings. The van der Waals surface area contributed by atoms with Gasteiger partial charge < -0.3 is 14.2 Å². The van der Waals surface area contributed by atoms with Crippen molar-refractivity contribution in [3.05, 3.63) is 85.1 Å². The lowest BCUT2D eigenvalue weighted by Crippen LogP contribution is -2.30. The Balaban J connectivity index is 4.26. The maximum atomic E-state index is 12.9. The quantitative estimate of drug-likeness (QED) is 0.0261. The minimum Gasteiger partial charge on any atom is -0.462 e. The maximum absolute atomic E-state index is 12.9. The highest BCUT2D eigenvalue weighted by atomic mass is 16.6. The Morgan fingerprint density at radius 1 is 0.266 bits per heavy atom. The predicted molar refractivity (Wildman–Crippen MR) is 344 cm³/mol. The van der Waals surface area contributed by atoms with E-state index in [0.717, 1.165) is 103 Å². The van der Waals surface area contributed by atoms with Crippen LogP contribution in [-0.2, 0) is 28.6 Å². The zero-order valence-corrected chi connectivity index (χ0v) is 52.4. The first-order chi connectivity index (χ1) is 39.0. The second kappa shape index (κ2) is 67.1. The molecule has 79 heavy (non-hydrogen) atoms. The summed E-state index contributed by atoms with van der Waals surface area (Å²) in [5, 5.41) is 0. The van der Waals surface area contributed by atoms with Crippen molar-refractivity contribution in [1.82, 2.24) is 0 Å². The van der Waals surface area contributed by atoms with E-state index in [0.29, 0.717) is 12.8 Å². The highest BCUT2D eigenvalue weighted by molar-refractivity contribution is 5.71. The maximum Gasteiger partial charge on any atom is 0.306 e. The molecule has 6 heteroatoms. The smallest absolute Gasteiger partial charge is 0.306 e. The molecule has 0 spiro atoms. The van der Waals surface area contributed by atoms with Crippen LogP contribution in [0, 0.1) is 0 Å². The van der Waals surface area contributed by atoms with Crippen molar-refractivity contribution in [2.45, 2.75) is 348 Å². The molecule has 0 aliphatic heterocycles. The van der Waals surface area contributed by atoms with E-state index in [4.69, 9.17) is 14.2 Å².